The number of sulfonamides is 1. The van der Waals surface area contributed by atoms with Crippen LogP contribution in [-0.4, -0.2) is 43.3 Å². The highest BCUT2D eigenvalue weighted by Gasteiger charge is 2.33. The summed E-state index contributed by atoms with van der Waals surface area (Å²) in [4.78, 5) is 16.7. The SMILES string of the molecule is CCOc1ccc(S(=O)(=O)N2CCC[C@@H](C(=O)NCc3ccncc3)C2)cc1. The van der Waals surface area contributed by atoms with Gasteiger partial charge >= 0.3 is 0 Å². The van der Waals surface area contributed by atoms with Crippen LogP contribution in [0.2, 0.25) is 0 Å². The molecule has 1 aromatic carbocycles. The molecule has 1 saturated heterocycles. The minimum absolute atomic E-state index is 0.122. The third-order valence-corrected chi connectivity index (χ3v) is 6.62. The van der Waals surface area contributed by atoms with Gasteiger partial charge in [0.2, 0.25) is 15.9 Å². The molecule has 1 aliphatic heterocycles. The first kappa shape index (κ1) is 20.3. The van der Waals surface area contributed by atoms with E-state index in [0.29, 0.717) is 38.3 Å². The molecular weight excluding hydrogens is 378 g/mol. The van der Waals surface area contributed by atoms with Crippen molar-refractivity contribution in [1.29, 1.82) is 0 Å². The van der Waals surface area contributed by atoms with Gasteiger partial charge in [-0.05, 0) is 61.7 Å². The predicted molar refractivity (Wildman–Crippen MR) is 105 cm³/mol. The van der Waals surface area contributed by atoms with Gasteiger partial charge in [0.1, 0.15) is 5.75 Å². The van der Waals surface area contributed by atoms with Gasteiger partial charge in [0.05, 0.1) is 17.4 Å². The molecular formula is C20H25N3O4S. The number of rotatable bonds is 7. The highest BCUT2D eigenvalue weighted by molar-refractivity contribution is 7.89. The van der Waals surface area contributed by atoms with Gasteiger partial charge in [-0.3, -0.25) is 9.78 Å². The maximum atomic E-state index is 13.0. The van der Waals surface area contributed by atoms with Crippen LogP contribution in [0.3, 0.4) is 0 Å². The fraction of sp³-hybridized carbons (Fsp3) is 0.400. The summed E-state index contributed by atoms with van der Waals surface area (Å²) in [5.74, 6) is 0.157. The van der Waals surface area contributed by atoms with E-state index in [-0.39, 0.29) is 23.3 Å². The fourth-order valence-electron chi connectivity index (χ4n) is 3.23. The van der Waals surface area contributed by atoms with E-state index in [1.54, 1.807) is 36.7 Å². The van der Waals surface area contributed by atoms with Crippen molar-refractivity contribution in [3.05, 3.63) is 54.4 Å². The molecule has 0 aliphatic carbocycles. The zero-order valence-electron chi connectivity index (χ0n) is 15.9. The molecule has 150 valence electrons. The molecule has 0 bridgehead atoms. The summed E-state index contributed by atoms with van der Waals surface area (Å²) < 4.78 is 32.7. The Morgan fingerprint density at radius 3 is 2.61 bits per heavy atom. The van der Waals surface area contributed by atoms with E-state index in [0.717, 1.165) is 5.56 Å². The number of carbonyl (C=O) groups is 1. The molecule has 0 spiro atoms. The Hall–Kier alpha value is -2.45. The normalized spacial score (nSPS) is 17.8. The molecule has 8 heteroatoms. The van der Waals surface area contributed by atoms with Gasteiger partial charge in [0.15, 0.2) is 0 Å². The lowest BCUT2D eigenvalue weighted by atomic mass is 9.99. The first-order chi connectivity index (χ1) is 13.5. The molecule has 28 heavy (non-hydrogen) atoms. The number of hydrogen-bond donors (Lipinski definition) is 1. The lowest BCUT2D eigenvalue weighted by molar-refractivity contribution is -0.126. The largest absolute Gasteiger partial charge is 0.494 e. The summed E-state index contributed by atoms with van der Waals surface area (Å²) in [7, 11) is -3.64. The average molecular weight is 404 g/mol. The van der Waals surface area contributed by atoms with Crippen molar-refractivity contribution in [2.24, 2.45) is 5.92 Å². The van der Waals surface area contributed by atoms with Gasteiger partial charge in [0.25, 0.3) is 0 Å². The van der Waals surface area contributed by atoms with E-state index >= 15 is 0 Å². The van der Waals surface area contributed by atoms with Crippen molar-refractivity contribution >= 4 is 15.9 Å². The predicted octanol–water partition coefficient (Wildman–Crippen LogP) is 2.20. The number of benzene rings is 1. The monoisotopic (exact) mass is 403 g/mol. The molecule has 1 amide bonds. The molecule has 0 unspecified atom stereocenters. The maximum Gasteiger partial charge on any atom is 0.243 e. The number of amides is 1. The Labute approximate surface area is 165 Å². The van der Waals surface area contributed by atoms with Crippen LogP contribution in [-0.2, 0) is 21.4 Å². The van der Waals surface area contributed by atoms with Gasteiger partial charge in [-0.15, -0.1) is 0 Å². The summed E-state index contributed by atoms with van der Waals surface area (Å²) in [5, 5.41) is 2.90. The summed E-state index contributed by atoms with van der Waals surface area (Å²) in [6.45, 7) is 3.41. The number of carbonyl (C=O) groups excluding carboxylic acids is 1. The third kappa shape index (κ3) is 4.88. The van der Waals surface area contributed by atoms with Gasteiger partial charge in [0, 0.05) is 32.0 Å². The van der Waals surface area contributed by atoms with Crippen LogP contribution in [0, 0.1) is 5.92 Å². The van der Waals surface area contributed by atoms with E-state index in [9.17, 15) is 13.2 Å². The molecule has 1 atom stereocenters. The van der Waals surface area contributed by atoms with Crippen LogP contribution >= 0.6 is 0 Å². The number of pyridine rings is 1. The van der Waals surface area contributed by atoms with Crippen molar-refractivity contribution in [3.63, 3.8) is 0 Å². The Balaban J connectivity index is 1.63. The van der Waals surface area contributed by atoms with Crippen molar-refractivity contribution in [2.45, 2.75) is 31.2 Å². The van der Waals surface area contributed by atoms with E-state index in [4.69, 9.17) is 4.74 Å². The summed E-state index contributed by atoms with van der Waals surface area (Å²) in [6.07, 6.45) is 4.68. The average Bonchev–Trinajstić information content (AvgIpc) is 2.73. The van der Waals surface area contributed by atoms with Gasteiger partial charge in [-0.25, -0.2) is 8.42 Å². The fourth-order valence-corrected chi connectivity index (χ4v) is 4.76. The minimum Gasteiger partial charge on any atom is -0.494 e. The second-order valence-electron chi connectivity index (χ2n) is 6.68. The van der Waals surface area contributed by atoms with E-state index in [1.807, 2.05) is 19.1 Å². The molecule has 7 nitrogen and oxygen atoms in total. The third-order valence-electron chi connectivity index (χ3n) is 4.74. The molecule has 2 heterocycles. The van der Waals surface area contributed by atoms with Gasteiger partial charge in [-0.1, -0.05) is 0 Å². The van der Waals surface area contributed by atoms with Crippen molar-refractivity contribution in [3.8, 4) is 5.75 Å². The first-order valence-electron chi connectivity index (χ1n) is 9.40. The molecule has 1 N–H and O–H groups in total. The lowest BCUT2D eigenvalue weighted by Crippen LogP contribution is -2.45. The highest BCUT2D eigenvalue weighted by atomic mass is 32.2. The van der Waals surface area contributed by atoms with E-state index in [1.165, 1.54) is 4.31 Å². The molecule has 3 rings (SSSR count). The zero-order chi connectivity index (χ0) is 20.0. The summed E-state index contributed by atoms with van der Waals surface area (Å²) in [5.41, 5.74) is 0.957. The molecule has 1 fully saturated rings. The highest BCUT2D eigenvalue weighted by Crippen LogP contribution is 2.25. The topological polar surface area (TPSA) is 88.6 Å². The summed E-state index contributed by atoms with van der Waals surface area (Å²) in [6, 6.07) is 10.1. The minimum atomic E-state index is -3.64. The Bertz CT molecular complexity index is 885. The maximum absolute atomic E-state index is 13.0. The smallest absolute Gasteiger partial charge is 0.243 e. The number of nitrogens with one attached hydrogen (secondary N) is 1. The lowest BCUT2D eigenvalue weighted by Gasteiger charge is -2.31. The standard InChI is InChI=1S/C20H25N3O4S/c1-2-27-18-5-7-19(8-6-18)28(25,26)23-13-3-4-17(15-23)20(24)22-14-16-9-11-21-12-10-16/h5-12,17H,2-4,13-15H2,1H3,(H,22,24)/t17-/m1/s1. The van der Waals surface area contributed by atoms with Crippen LogP contribution in [0.15, 0.2) is 53.7 Å². The number of piperidine rings is 1. The number of ether oxygens (including phenoxy) is 1. The van der Waals surface area contributed by atoms with Crippen LogP contribution in [0.1, 0.15) is 25.3 Å². The van der Waals surface area contributed by atoms with E-state index in [2.05, 4.69) is 10.3 Å². The van der Waals surface area contributed by atoms with Crippen LogP contribution in [0.25, 0.3) is 0 Å². The Morgan fingerprint density at radius 2 is 1.93 bits per heavy atom. The molecule has 1 aromatic heterocycles. The number of aromatic nitrogens is 1. The van der Waals surface area contributed by atoms with Crippen molar-refractivity contribution < 1.29 is 17.9 Å². The number of hydrogen-bond acceptors (Lipinski definition) is 5. The quantitative estimate of drug-likeness (QED) is 0.766. The second-order valence-corrected chi connectivity index (χ2v) is 8.62. The first-order valence-corrected chi connectivity index (χ1v) is 10.8. The molecule has 2 aromatic rings. The Morgan fingerprint density at radius 1 is 1.21 bits per heavy atom. The van der Waals surface area contributed by atoms with Gasteiger partial charge in [-0.2, -0.15) is 4.31 Å². The molecule has 0 saturated carbocycles. The van der Waals surface area contributed by atoms with Gasteiger partial charge < -0.3 is 10.1 Å². The van der Waals surface area contributed by atoms with Crippen LogP contribution in [0.5, 0.6) is 5.75 Å². The number of nitrogens with zero attached hydrogens (tertiary/aromatic N) is 2. The van der Waals surface area contributed by atoms with Crippen LogP contribution < -0.4 is 10.1 Å². The zero-order valence-corrected chi connectivity index (χ0v) is 16.7. The molecule has 1 aliphatic rings. The second kappa shape index (κ2) is 9.16. The Kier molecular flexibility index (Phi) is 6.64. The summed E-state index contributed by atoms with van der Waals surface area (Å²) >= 11 is 0. The van der Waals surface area contributed by atoms with Crippen LogP contribution in [0.4, 0.5) is 0 Å². The van der Waals surface area contributed by atoms with Crippen molar-refractivity contribution in [1.82, 2.24) is 14.6 Å². The van der Waals surface area contributed by atoms with E-state index < -0.39 is 10.0 Å². The molecule has 0 radical (unpaired) electrons. The van der Waals surface area contributed by atoms with Crippen molar-refractivity contribution in [2.75, 3.05) is 19.7 Å².